The molecule has 0 radical (unpaired) electrons. The molecule has 1 aromatic heterocycles. The summed E-state index contributed by atoms with van der Waals surface area (Å²) in [5.41, 5.74) is 2.17. The van der Waals surface area contributed by atoms with Gasteiger partial charge in [-0.1, -0.05) is 31.5 Å². The van der Waals surface area contributed by atoms with E-state index in [9.17, 15) is 0 Å². The van der Waals surface area contributed by atoms with Gasteiger partial charge in [-0.2, -0.15) is 0 Å². The Morgan fingerprint density at radius 3 is 2.86 bits per heavy atom. The second-order valence-electron chi connectivity index (χ2n) is 3.40. The van der Waals surface area contributed by atoms with E-state index >= 15 is 0 Å². The highest BCUT2D eigenvalue weighted by Gasteiger charge is 2.00. The average Bonchev–Trinajstić information content (AvgIpc) is 2.20. The standard InChI is InChI=1S/C12H13NS/c1-2-4-10-8-7-9-5-3-6-11(14)12(9)13-10/h3,5-8,14H,2,4H2,1H3. The zero-order valence-electron chi connectivity index (χ0n) is 8.20. The summed E-state index contributed by atoms with van der Waals surface area (Å²) in [6, 6.07) is 10.3. The Kier molecular flexibility index (Phi) is 2.73. The van der Waals surface area contributed by atoms with Gasteiger partial charge in [0.2, 0.25) is 0 Å². The number of aryl methyl sites for hydroxylation is 1. The average molecular weight is 203 g/mol. The van der Waals surface area contributed by atoms with E-state index in [1.165, 1.54) is 0 Å². The molecular formula is C12H13NS. The largest absolute Gasteiger partial charge is 0.252 e. The van der Waals surface area contributed by atoms with Crippen LogP contribution in [0.5, 0.6) is 0 Å². The normalized spacial score (nSPS) is 10.7. The van der Waals surface area contributed by atoms with Gasteiger partial charge in [0.1, 0.15) is 0 Å². The molecule has 0 aliphatic rings. The van der Waals surface area contributed by atoms with E-state index < -0.39 is 0 Å². The summed E-state index contributed by atoms with van der Waals surface area (Å²) >= 11 is 4.40. The topological polar surface area (TPSA) is 12.9 Å². The van der Waals surface area contributed by atoms with E-state index in [-0.39, 0.29) is 0 Å². The Bertz CT molecular complexity index is 451. The minimum atomic E-state index is 0.959. The number of benzene rings is 1. The molecule has 0 aliphatic heterocycles. The first-order valence-electron chi connectivity index (χ1n) is 4.89. The van der Waals surface area contributed by atoms with Crippen LogP contribution in [0.3, 0.4) is 0 Å². The van der Waals surface area contributed by atoms with E-state index in [0.717, 1.165) is 34.3 Å². The van der Waals surface area contributed by atoms with Crippen LogP contribution in [0.1, 0.15) is 19.0 Å². The van der Waals surface area contributed by atoms with Gasteiger partial charge in [-0.3, -0.25) is 4.98 Å². The van der Waals surface area contributed by atoms with Crippen molar-refractivity contribution in [3.05, 3.63) is 36.0 Å². The van der Waals surface area contributed by atoms with Crippen molar-refractivity contribution in [3.8, 4) is 0 Å². The van der Waals surface area contributed by atoms with Crippen LogP contribution in [0, 0.1) is 0 Å². The Balaban J connectivity index is 2.58. The smallest absolute Gasteiger partial charge is 0.0838 e. The van der Waals surface area contributed by atoms with Crippen molar-refractivity contribution >= 4 is 23.5 Å². The molecule has 0 saturated heterocycles. The Hall–Kier alpha value is -1.02. The maximum absolute atomic E-state index is 4.59. The number of nitrogens with zero attached hydrogens (tertiary/aromatic N) is 1. The fraction of sp³-hybridized carbons (Fsp3) is 0.250. The van der Waals surface area contributed by atoms with E-state index in [1.807, 2.05) is 12.1 Å². The Labute approximate surface area is 89.6 Å². The highest BCUT2D eigenvalue weighted by atomic mass is 32.1. The molecule has 2 heteroatoms. The molecule has 0 bridgehead atoms. The molecule has 2 rings (SSSR count). The molecule has 0 spiro atoms. The summed E-state index contributed by atoms with van der Waals surface area (Å²) in [7, 11) is 0. The monoisotopic (exact) mass is 203 g/mol. The van der Waals surface area contributed by atoms with Crippen molar-refractivity contribution in [1.29, 1.82) is 0 Å². The van der Waals surface area contributed by atoms with Crippen molar-refractivity contribution in [2.75, 3.05) is 0 Å². The molecule has 0 aliphatic carbocycles. The number of fused-ring (bicyclic) bond motifs is 1. The minimum absolute atomic E-state index is 0.959. The number of hydrogen-bond acceptors (Lipinski definition) is 2. The molecule has 1 heterocycles. The lowest BCUT2D eigenvalue weighted by Crippen LogP contribution is -1.90. The molecule has 1 nitrogen and oxygen atoms in total. The number of hydrogen-bond donors (Lipinski definition) is 1. The van der Waals surface area contributed by atoms with Gasteiger partial charge < -0.3 is 0 Å². The third-order valence-corrected chi connectivity index (χ3v) is 2.62. The first kappa shape index (κ1) is 9.53. The predicted octanol–water partition coefficient (Wildman–Crippen LogP) is 3.48. The molecule has 0 fully saturated rings. The summed E-state index contributed by atoms with van der Waals surface area (Å²) in [5.74, 6) is 0. The number of pyridine rings is 1. The van der Waals surface area contributed by atoms with Crippen LogP contribution in [0.15, 0.2) is 35.2 Å². The Morgan fingerprint density at radius 2 is 2.07 bits per heavy atom. The first-order chi connectivity index (χ1) is 6.81. The van der Waals surface area contributed by atoms with Crippen molar-refractivity contribution < 1.29 is 0 Å². The maximum atomic E-state index is 4.59. The highest BCUT2D eigenvalue weighted by Crippen LogP contribution is 2.20. The molecule has 0 atom stereocenters. The second-order valence-corrected chi connectivity index (χ2v) is 3.88. The summed E-state index contributed by atoms with van der Waals surface area (Å²) in [6.07, 6.45) is 2.17. The maximum Gasteiger partial charge on any atom is 0.0838 e. The molecule has 14 heavy (non-hydrogen) atoms. The van der Waals surface area contributed by atoms with E-state index in [2.05, 4.69) is 42.7 Å². The number of rotatable bonds is 2. The van der Waals surface area contributed by atoms with Crippen LogP contribution >= 0.6 is 12.6 Å². The zero-order chi connectivity index (χ0) is 9.97. The fourth-order valence-electron chi connectivity index (χ4n) is 1.57. The van der Waals surface area contributed by atoms with Crippen LogP contribution in [-0.2, 0) is 6.42 Å². The molecule has 0 amide bonds. The zero-order valence-corrected chi connectivity index (χ0v) is 9.09. The van der Waals surface area contributed by atoms with E-state index in [4.69, 9.17) is 0 Å². The van der Waals surface area contributed by atoms with Gasteiger partial charge in [0.25, 0.3) is 0 Å². The van der Waals surface area contributed by atoms with Gasteiger partial charge >= 0.3 is 0 Å². The summed E-state index contributed by atoms with van der Waals surface area (Å²) in [4.78, 5) is 5.55. The molecule has 1 aromatic carbocycles. The van der Waals surface area contributed by atoms with Crippen LogP contribution in [0.25, 0.3) is 10.9 Å². The van der Waals surface area contributed by atoms with Gasteiger partial charge in [-0.05, 0) is 18.6 Å². The van der Waals surface area contributed by atoms with Gasteiger partial charge in [0.15, 0.2) is 0 Å². The van der Waals surface area contributed by atoms with Crippen LogP contribution in [-0.4, -0.2) is 4.98 Å². The molecule has 0 N–H and O–H groups in total. The number of aromatic nitrogens is 1. The summed E-state index contributed by atoms with van der Waals surface area (Å²) in [6.45, 7) is 2.17. The van der Waals surface area contributed by atoms with E-state index in [1.54, 1.807) is 0 Å². The lowest BCUT2D eigenvalue weighted by atomic mass is 10.1. The SMILES string of the molecule is CCCc1ccc2cccc(S)c2n1. The molecule has 0 unspecified atom stereocenters. The van der Waals surface area contributed by atoms with Crippen molar-refractivity contribution in [3.63, 3.8) is 0 Å². The van der Waals surface area contributed by atoms with Crippen molar-refractivity contribution in [2.45, 2.75) is 24.7 Å². The van der Waals surface area contributed by atoms with E-state index in [0.29, 0.717) is 0 Å². The highest BCUT2D eigenvalue weighted by molar-refractivity contribution is 7.80. The third-order valence-electron chi connectivity index (χ3n) is 2.26. The van der Waals surface area contributed by atoms with Crippen molar-refractivity contribution in [1.82, 2.24) is 4.98 Å². The Morgan fingerprint density at radius 1 is 1.21 bits per heavy atom. The third kappa shape index (κ3) is 1.75. The van der Waals surface area contributed by atoms with Gasteiger partial charge in [-0.15, -0.1) is 12.6 Å². The molecular weight excluding hydrogens is 190 g/mol. The quantitative estimate of drug-likeness (QED) is 0.737. The molecule has 72 valence electrons. The fourth-order valence-corrected chi connectivity index (χ4v) is 1.83. The van der Waals surface area contributed by atoms with Crippen LogP contribution in [0.2, 0.25) is 0 Å². The predicted molar refractivity (Wildman–Crippen MR) is 63.0 cm³/mol. The first-order valence-corrected chi connectivity index (χ1v) is 5.33. The van der Waals surface area contributed by atoms with Gasteiger partial charge in [0.05, 0.1) is 5.52 Å². The molecule has 2 aromatic rings. The van der Waals surface area contributed by atoms with Crippen LogP contribution in [0.4, 0.5) is 0 Å². The van der Waals surface area contributed by atoms with Gasteiger partial charge in [-0.25, -0.2) is 0 Å². The minimum Gasteiger partial charge on any atom is -0.252 e. The lowest BCUT2D eigenvalue weighted by Gasteiger charge is -2.03. The summed E-state index contributed by atoms with van der Waals surface area (Å²) < 4.78 is 0. The number of thiol groups is 1. The summed E-state index contributed by atoms with van der Waals surface area (Å²) in [5, 5.41) is 1.16. The number of para-hydroxylation sites is 1. The second kappa shape index (κ2) is 4.01. The van der Waals surface area contributed by atoms with Gasteiger partial charge in [0, 0.05) is 16.0 Å². The lowest BCUT2D eigenvalue weighted by molar-refractivity contribution is 0.888. The molecule has 0 saturated carbocycles. The van der Waals surface area contributed by atoms with Crippen LogP contribution < -0.4 is 0 Å². The van der Waals surface area contributed by atoms with Crippen molar-refractivity contribution in [2.24, 2.45) is 0 Å².